The van der Waals surface area contributed by atoms with Gasteiger partial charge in [0.2, 0.25) is 5.91 Å². The Labute approximate surface area is 180 Å². The highest BCUT2D eigenvalue weighted by Gasteiger charge is 2.29. The average molecular weight is 423 g/mol. The van der Waals surface area contributed by atoms with Crippen LogP contribution in [0.3, 0.4) is 0 Å². The molecule has 1 aromatic heterocycles. The van der Waals surface area contributed by atoms with Crippen LogP contribution in [0.1, 0.15) is 10.6 Å². The Hall–Kier alpha value is -3.52. The van der Waals surface area contributed by atoms with Crippen molar-refractivity contribution in [3.05, 3.63) is 60.4 Å². The van der Waals surface area contributed by atoms with E-state index in [0.717, 1.165) is 5.69 Å². The lowest BCUT2D eigenvalue weighted by Gasteiger charge is -2.37. The molecule has 1 fully saturated rings. The number of aliphatic hydroxyl groups is 1. The van der Waals surface area contributed by atoms with Crippen LogP contribution < -0.4 is 15.0 Å². The van der Waals surface area contributed by atoms with Gasteiger partial charge < -0.3 is 29.4 Å². The number of ether oxygens (including phenoxy) is 1. The number of benzene rings is 2. The summed E-state index contributed by atoms with van der Waals surface area (Å²) in [6.07, 6.45) is 0. The van der Waals surface area contributed by atoms with E-state index >= 15 is 0 Å². The molecule has 1 atom stereocenters. The molecule has 162 valence electrons. The van der Waals surface area contributed by atoms with E-state index in [0.29, 0.717) is 42.9 Å². The molecule has 2 amide bonds. The lowest BCUT2D eigenvalue weighted by Crippen LogP contribution is -2.56. The first-order chi connectivity index (χ1) is 15.1. The van der Waals surface area contributed by atoms with Crippen molar-refractivity contribution in [1.82, 2.24) is 10.2 Å². The van der Waals surface area contributed by atoms with Crippen molar-refractivity contribution in [3.8, 4) is 5.75 Å². The Kier molecular flexibility index (Phi) is 6.08. The number of hydrogen-bond acceptors (Lipinski definition) is 6. The number of carbonyl (C=O) groups excluding carboxylic acids is 2. The second-order valence-electron chi connectivity index (χ2n) is 7.35. The van der Waals surface area contributed by atoms with E-state index in [1.165, 1.54) is 7.11 Å². The number of furan rings is 1. The van der Waals surface area contributed by atoms with Crippen molar-refractivity contribution in [1.29, 1.82) is 0 Å². The molecule has 8 nitrogen and oxygen atoms in total. The van der Waals surface area contributed by atoms with Crippen LogP contribution in [0.15, 0.2) is 59.0 Å². The number of rotatable bonds is 6. The Morgan fingerprint density at radius 2 is 1.84 bits per heavy atom. The summed E-state index contributed by atoms with van der Waals surface area (Å²) in [6, 6.07) is 15.9. The third-order valence-corrected chi connectivity index (χ3v) is 5.45. The Bertz CT molecular complexity index is 1060. The molecule has 1 aliphatic rings. The van der Waals surface area contributed by atoms with Crippen LogP contribution in [0.2, 0.25) is 0 Å². The van der Waals surface area contributed by atoms with Gasteiger partial charge in [0.25, 0.3) is 5.91 Å². The fourth-order valence-electron chi connectivity index (χ4n) is 3.77. The van der Waals surface area contributed by atoms with Crippen LogP contribution >= 0.6 is 0 Å². The minimum Gasteiger partial charge on any atom is -0.493 e. The van der Waals surface area contributed by atoms with E-state index in [-0.39, 0.29) is 11.7 Å². The van der Waals surface area contributed by atoms with Crippen molar-refractivity contribution < 1.29 is 23.8 Å². The number of hydrogen-bond donors (Lipinski definition) is 2. The first-order valence-corrected chi connectivity index (χ1v) is 10.2. The van der Waals surface area contributed by atoms with Gasteiger partial charge in [0.05, 0.1) is 13.7 Å². The molecule has 2 heterocycles. The highest BCUT2D eigenvalue weighted by molar-refractivity contribution is 5.99. The van der Waals surface area contributed by atoms with Gasteiger partial charge in [-0.15, -0.1) is 0 Å². The molecule has 0 radical (unpaired) electrons. The number of piperazine rings is 1. The summed E-state index contributed by atoms with van der Waals surface area (Å²) in [5, 5.41) is 13.1. The second kappa shape index (κ2) is 9.09. The third-order valence-electron chi connectivity index (χ3n) is 5.45. The Morgan fingerprint density at radius 3 is 2.52 bits per heavy atom. The SMILES string of the molecule is COc1cccc2cc(C(=O)N[C@@H](CO)C(=O)N3CCN(c4ccccc4)CC3)oc12. The summed E-state index contributed by atoms with van der Waals surface area (Å²) in [4.78, 5) is 29.4. The number of methoxy groups -OCH3 is 1. The van der Waals surface area contributed by atoms with Crippen LogP contribution in [0.25, 0.3) is 11.0 Å². The molecule has 1 saturated heterocycles. The molecule has 0 bridgehead atoms. The molecule has 1 aliphatic heterocycles. The molecule has 3 aromatic rings. The standard InChI is InChI=1S/C23H25N3O5/c1-30-19-9-5-6-16-14-20(31-21(16)19)22(28)24-18(15-27)23(29)26-12-10-25(11-13-26)17-7-3-2-4-8-17/h2-9,14,18,27H,10-13,15H2,1H3,(H,24,28)/t18-/m0/s1. The van der Waals surface area contributed by atoms with Gasteiger partial charge in [-0.2, -0.15) is 0 Å². The minimum atomic E-state index is -1.04. The number of anilines is 1. The molecular formula is C23H25N3O5. The topological polar surface area (TPSA) is 95.2 Å². The van der Waals surface area contributed by atoms with Crippen LogP contribution in [-0.2, 0) is 4.79 Å². The van der Waals surface area contributed by atoms with Gasteiger partial charge in [0.15, 0.2) is 17.1 Å². The van der Waals surface area contributed by atoms with E-state index in [4.69, 9.17) is 9.15 Å². The quantitative estimate of drug-likeness (QED) is 0.629. The summed E-state index contributed by atoms with van der Waals surface area (Å²) >= 11 is 0. The van der Waals surface area contributed by atoms with Gasteiger partial charge in [0, 0.05) is 37.3 Å². The summed E-state index contributed by atoms with van der Waals surface area (Å²) < 4.78 is 10.9. The van der Waals surface area contributed by atoms with Gasteiger partial charge in [0.1, 0.15) is 6.04 Å². The van der Waals surface area contributed by atoms with E-state index < -0.39 is 18.6 Å². The van der Waals surface area contributed by atoms with Gasteiger partial charge in [-0.3, -0.25) is 9.59 Å². The first-order valence-electron chi connectivity index (χ1n) is 10.2. The molecule has 0 spiro atoms. The molecule has 4 rings (SSSR count). The molecule has 31 heavy (non-hydrogen) atoms. The highest BCUT2D eigenvalue weighted by Crippen LogP contribution is 2.28. The Morgan fingerprint density at radius 1 is 1.10 bits per heavy atom. The zero-order chi connectivity index (χ0) is 21.8. The molecule has 0 unspecified atom stereocenters. The van der Waals surface area contributed by atoms with E-state index in [2.05, 4.69) is 10.2 Å². The largest absolute Gasteiger partial charge is 0.493 e. The Balaban J connectivity index is 1.40. The average Bonchev–Trinajstić information content (AvgIpc) is 3.27. The fraction of sp³-hybridized carbons (Fsp3) is 0.304. The van der Waals surface area contributed by atoms with Crippen LogP contribution in [0.4, 0.5) is 5.69 Å². The zero-order valence-corrected chi connectivity index (χ0v) is 17.3. The zero-order valence-electron chi connectivity index (χ0n) is 17.3. The smallest absolute Gasteiger partial charge is 0.287 e. The molecule has 8 heteroatoms. The van der Waals surface area contributed by atoms with E-state index in [1.54, 1.807) is 29.2 Å². The first kappa shape index (κ1) is 20.7. The number of nitrogens with zero attached hydrogens (tertiary/aromatic N) is 2. The number of nitrogens with one attached hydrogen (secondary N) is 1. The van der Waals surface area contributed by atoms with Crippen molar-refractivity contribution in [3.63, 3.8) is 0 Å². The minimum absolute atomic E-state index is 0.0552. The van der Waals surface area contributed by atoms with Gasteiger partial charge >= 0.3 is 0 Å². The summed E-state index contributed by atoms with van der Waals surface area (Å²) in [5.74, 6) is -0.298. The predicted octanol–water partition coefficient (Wildman–Crippen LogP) is 1.88. The predicted molar refractivity (Wildman–Crippen MR) is 116 cm³/mol. The number of fused-ring (bicyclic) bond motifs is 1. The van der Waals surface area contributed by atoms with Crippen LogP contribution in [-0.4, -0.2) is 67.8 Å². The molecule has 0 aliphatic carbocycles. The van der Waals surface area contributed by atoms with Gasteiger partial charge in [-0.1, -0.05) is 30.3 Å². The van der Waals surface area contributed by atoms with Crippen molar-refractivity contribution in [2.75, 3.05) is 44.8 Å². The van der Waals surface area contributed by atoms with Crippen LogP contribution in [0.5, 0.6) is 5.75 Å². The van der Waals surface area contributed by atoms with Crippen molar-refractivity contribution in [2.45, 2.75) is 6.04 Å². The van der Waals surface area contributed by atoms with Crippen molar-refractivity contribution >= 4 is 28.5 Å². The maximum Gasteiger partial charge on any atom is 0.287 e. The molecular weight excluding hydrogens is 398 g/mol. The summed E-state index contributed by atoms with van der Waals surface area (Å²) in [7, 11) is 1.52. The lowest BCUT2D eigenvalue weighted by molar-refractivity contribution is -0.134. The maximum absolute atomic E-state index is 12.9. The molecule has 2 N–H and O–H groups in total. The second-order valence-corrected chi connectivity index (χ2v) is 7.35. The normalized spacial score (nSPS) is 15.0. The fourth-order valence-corrected chi connectivity index (χ4v) is 3.77. The van der Waals surface area contributed by atoms with E-state index in [9.17, 15) is 14.7 Å². The van der Waals surface area contributed by atoms with E-state index in [1.807, 2.05) is 30.3 Å². The summed E-state index contributed by atoms with van der Waals surface area (Å²) in [6.45, 7) is 1.91. The summed E-state index contributed by atoms with van der Waals surface area (Å²) in [5.41, 5.74) is 1.57. The van der Waals surface area contributed by atoms with Crippen LogP contribution in [0, 0.1) is 0 Å². The van der Waals surface area contributed by atoms with Gasteiger partial charge in [-0.25, -0.2) is 0 Å². The third kappa shape index (κ3) is 4.34. The van der Waals surface area contributed by atoms with Gasteiger partial charge in [-0.05, 0) is 24.3 Å². The number of para-hydroxylation sites is 2. The molecule has 0 saturated carbocycles. The number of carbonyl (C=O) groups is 2. The maximum atomic E-state index is 12.9. The number of aliphatic hydroxyl groups excluding tert-OH is 1. The number of amides is 2. The van der Waals surface area contributed by atoms with Crippen molar-refractivity contribution in [2.24, 2.45) is 0 Å². The highest BCUT2D eigenvalue weighted by atomic mass is 16.5. The molecule has 2 aromatic carbocycles. The monoisotopic (exact) mass is 423 g/mol. The lowest BCUT2D eigenvalue weighted by atomic mass is 10.2.